The normalized spacial score (nSPS) is 24.3. The molecule has 0 bridgehead atoms. The van der Waals surface area contributed by atoms with E-state index < -0.39 is 24.0 Å². The summed E-state index contributed by atoms with van der Waals surface area (Å²) in [5.41, 5.74) is 2.09. The Bertz CT molecular complexity index is 1080. The van der Waals surface area contributed by atoms with Gasteiger partial charge in [-0.3, -0.25) is 9.59 Å². The highest BCUT2D eigenvalue weighted by Crippen LogP contribution is 2.49. The second-order valence-corrected chi connectivity index (χ2v) is 7.95. The topological polar surface area (TPSA) is 88.8 Å². The molecule has 31 heavy (non-hydrogen) atoms. The summed E-state index contributed by atoms with van der Waals surface area (Å²) in [7, 11) is 1.28. The molecule has 7 heteroatoms. The van der Waals surface area contributed by atoms with Crippen LogP contribution in [0.4, 0.5) is 0 Å². The number of pyridine rings is 1. The molecule has 1 aromatic carbocycles. The van der Waals surface area contributed by atoms with Gasteiger partial charge in [-0.15, -0.1) is 0 Å². The number of aliphatic hydroxyl groups excluding tert-OH is 1. The summed E-state index contributed by atoms with van der Waals surface area (Å²) >= 11 is 0. The van der Waals surface area contributed by atoms with Gasteiger partial charge in [-0.1, -0.05) is 43.3 Å². The van der Waals surface area contributed by atoms with Gasteiger partial charge in [0.05, 0.1) is 13.2 Å². The van der Waals surface area contributed by atoms with Crippen LogP contribution >= 0.6 is 0 Å². The molecule has 0 spiro atoms. The van der Waals surface area contributed by atoms with Crippen molar-refractivity contribution in [2.24, 2.45) is 11.8 Å². The van der Waals surface area contributed by atoms with Crippen LogP contribution in [0.3, 0.4) is 0 Å². The lowest BCUT2D eigenvalue weighted by Gasteiger charge is -2.29. The van der Waals surface area contributed by atoms with Gasteiger partial charge in [0.2, 0.25) is 5.91 Å². The van der Waals surface area contributed by atoms with Crippen LogP contribution in [0, 0.1) is 11.8 Å². The number of hydrogen-bond donors (Lipinski definition) is 1. The fourth-order valence-electron chi connectivity index (χ4n) is 4.93. The van der Waals surface area contributed by atoms with Crippen LogP contribution in [0.2, 0.25) is 0 Å². The highest BCUT2D eigenvalue weighted by atomic mass is 16.5. The molecular weight excluding hydrogens is 396 g/mol. The van der Waals surface area contributed by atoms with Crippen LogP contribution < -0.4 is 5.56 Å². The van der Waals surface area contributed by atoms with E-state index in [0.29, 0.717) is 17.8 Å². The van der Waals surface area contributed by atoms with E-state index in [4.69, 9.17) is 4.74 Å². The van der Waals surface area contributed by atoms with Gasteiger partial charge in [-0.2, -0.15) is 0 Å². The molecule has 0 aliphatic carbocycles. The number of nitrogens with zero attached hydrogens (tertiary/aromatic N) is 2. The number of carbonyl (C=O) groups excluding carboxylic acids is 2. The van der Waals surface area contributed by atoms with Crippen molar-refractivity contribution in [3.05, 3.63) is 69.6 Å². The lowest BCUT2D eigenvalue weighted by atomic mass is 9.88. The van der Waals surface area contributed by atoms with Gasteiger partial charge in [0, 0.05) is 42.7 Å². The average Bonchev–Trinajstić information content (AvgIpc) is 3.33. The molecule has 1 fully saturated rings. The monoisotopic (exact) mass is 422 g/mol. The number of fused-ring (bicyclic) bond motifs is 3. The Morgan fingerprint density at radius 2 is 1.90 bits per heavy atom. The summed E-state index contributed by atoms with van der Waals surface area (Å²) in [5.74, 6) is -1.46. The molecule has 0 saturated carbocycles. The molecule has 4 rings (SSSR count). The van der Waals surface area contributed by atoms with Crippen molar-refractivity contribution in [3.8, 4) is 0 Å². The zero-order chi connectivity index (χ0) is 22.1. The lowest BCUT2D eigenvalue weighted by Crippen LogP contribution is -2.46. The number of esters is 1. The highest BCUT2D eigenvalue weighted by Gasteiger charge is 2.57. The van der Waals surface area contributed by atoms with Gasteiger partial charge >= 0.3 is 5.97 Å². The molecular formula is C24H26N2O5. The minimum absolute atomic E-state index is 0.144. The molecule has 162 valence electrons. The molecule has 1 N–H and O–H groups in total. The van der Waals surface area contributed by atoms with Gasteiger partial charge in [-0.05, 0) is 23.8 Å². The summed E-state index contributed by atoms with van der Waals surface area (Å²) in [6, 6.07) is 12.0. The van der Waals surface area contributed by atoms with Gasteiger partial charge in [-0.25, -0.2) is 4.79 Å². The van der Waals surface area contributed by atoms with E-state index in [1.165, 1.54) is 12.0 Å². The summed E-state index contributed by atoms with van der Waals surface area (Å²) < 4.78 is 6.61. The predicted molar refractivity (Wildman–Crippen MR) is 116 cm³/mol. The second kappa shape index (κ2) is 8.51. The van der Waals surface area contributed by atoms with E-state index in [2.05, 4.69) is 0 Å². The highest BCUT2D eigenvalue weighted by molar-refractivity contribution is 5.86. The Morgan fingerprint density at radius 1 is 1.16 bits per heavy atom. The average molecular weight is 422 g/mol. The third-order valence-electron chi connectivity index (χ3n) is 6.39. The Morgan fingerprint density at radius 3 is 2.55 bits per heavy atom. The minimum atomic E-state index is -0.848. The number of carbonyl (C=O) groups is 2. The van der Waals surface area contributed by atoms with Crippen LogP contribution in [0.25, 0.3) is 12.2 Å². The van der Waals surface area contributed by atoms with Crippen molar-refractivity contribution in [3.63, 3.8) is 0 Å². The first-order chi connectivity index (χ1) is 15.0. The summed E-state index contributed by atoms with van der Waals surface area (Å²) in [6.07, 6.45) is 3.89. The Kier molecular flexibility index (Phi) is 5.78. The van der Waals surface area contributed by atoms with Crippen molar-refractivity contribution >= 4 is 24.0 Å². The van der Waals surface area contributed by atoms with Crippen molar-refractivity contribution in [1.29, 1.82) is 0 Å². The molecule has 2 aliphatic rings. The SMILES string of the molecule is CCC(=O)N1[C@H](C(=O)OC)[C@@H](CO)[C@@H]2Cn3c(ccc(/C=C/c4ccccc4)c3=O)[C@@H]21. The number of hydrogen-bond acceptors (Lipinski definition) is 5. The number of methoxy groups -OCH3 is 1. The quantitative estimate of drug-likeness (QED) is 0.746. The van der Waals surface area contributed by atoms with Crippen molar-refractivity contribution in [2.75, 3.05) is 13.7 Å². The molecule has 1 amide bonds. The van der Waals surface area contributed by atoms with Gasteiger partial charge in [0.25, 0.3) is 5.56 Å². The standard InChI is InChI=1S/C24H26N2O5/c1-3-20(28)26-21-17(18(14-27)22(26)24(30)31-2)13-25-19(21)12-11-16(23(25)29)10-9-15-7-5-4-6-8-15/h4-12,17-18,21-22,27H,3,13-14H2,1-2H3/b10-9+/t17-,18-,21+,22-/m0/s1. The molecule has 1 saturated heterocycles. The summed E-state index contributed by atoms with van der Waals surface area (Å²) in [5, 5.41) is 10.1. The fraction of sp³-hybridized carbons (Fsp3) is 0.375. The summed E-state index contributed by atoms with van der Waals surface area (Å²) in [4.78, 5) is 40.0. The molecule has 4 atom stereocenters. The van der Waals surface area contributed by atoms with E-state index >= 15 is 0 Å². The molecule has 0 unspecified atom stereocenters. The fourth-order valence-corrected chi connectivity index (χ4v) is 4.93. The Hall–Kier alpha value is -3.19. The van der Waals surface area contributed by atoms with E-state index in [-0.39, 0.29) is 30.4 Å². The number of ether oxygens (including phenoxy) is 1. The van der Waals surface area contributed by atoms with E-state index in [1.807, 2.05) is 42.5 Å². The maximum absolute atomic E-state index is 13.2. The third-order valence-corrected chi connectivity index (χ3v) is 6.39. The second-order valence-electron chi connectivity index (χ2n) is 7.95. The van der Waals surface area contributed by atoms with E-state index in [9.17, 15) is 19.5 Å². The van der Waals surface area contributed by atoms with Crippen molar-refractivity contribution in [1.82, 2.24) is 9.47 Å². The zero-order valence-electron chi connectivity index (χ0n) is 17.6. The zero-order valence-corrected chi connectivity index (χ0v) is 17.6. The first-order valence-corrected chi connectivity index (χ1v) is 10.5. The predicted octanol–water partition coefficient (Wildman–Crippen LogP) is 2.09. The van der Waals surface area contributed by atoms with Gasteiger partial charge < -0.3 is 19.3 Å². The van der Waals surface area contributed by atoms with Crippen molar-refractivity contribution in [2.45, 2.75) is 32.0 Å². The smallest absolute Gasteiger partial charge is 0.328 e. The number of aromatic nitrogens is 1. The van der Waals surface area contributed by atoms with Crippen LogP contribution in [0.1, 0.15) is 36.2 Å². The van der Waals surface area contributed by atoms with Crippen LogP contribution in [-0.4, -0.2) is 46.2 Å². The van der Waals surface area contributed by atoms with Crippen LogP contribution in [0.5, 0.6) is 0 Å². The van der Waals surface area contributed by atoms with Gasteiger partial charge in [0.15, 0.2) is 0 Å². The van der Waals surface area contributed by atoms with E-state index in [0.717, 1.165) is 5.56 Å². The van der Waals surface area contributed by atoms with Crippen molar-refractivity contribution < 1.29 is 19.4 Å². The first-order valence-electron chi connectivity index (χ1n) is 10.5. The molecule has 1 aromatic heterocycles. The molecule has 2 aromatic rings. The molecule has 2 aliphatic heterocycles. The number of benzene rings is 1. The number of aliphatic hydroxyl groups is 1. The number of likely N-dealkylation sites (tertiary alicyclic amines) is 1. The lowest BCUT2D eigenvalue weighted by molar-refractivity contribution is -0.154. The Labute approximate surface area is 180 Å². The summed E-state index contributed by atoms with van der Waals surface area (Å²) in [6.45, 7) is 1.81. The van der Waals surface area contributed by atoms with Crippen LogP contribution in [-0.2, 0) is 20.9 Å². The van der Waals surface area contributed by atoms with E-state index in [1.54, 1.807) is 23.6 Å². The van der Waals surface area contributed by atoms with Gasteiger partial charge in [0.1, 0.15) is 6.04 Å². The number of rotatable bonds is 5. The molecule has 3 heterocycles. The Balaban J connectivity index is 1.74. The van der Waals surface area contributed by atoms with Crippen LogP contribution in [0.15, 0.2) is 47.3 Å². The maximum atomic E-state index is 13.2. The first kappa shape index (κ1) is 21.1. The minimum Gasteiger partial charge on any atom is -0.467 e. The maximum Gasteiger partial charge on any atom is 0.328 e. The number of amides is 1. The third kappa shape index (κ3) is 3.49. The largest absolute Gasteiger partial charge is 0.467 e. The molecule has 7 nitrogen and oxygen atoms in total. The molecule has 0 radical (unpaired) electrons.